The maximum atomic E-state index is 12.0. The van der Waals surface area contributed by atoms with E-state index in [0.29, 0.717) is 5.56 Å². The van der Waals surface area contributed by atoms with E-state index in [9.17, 15) is 18.3 Å². The standard InChI is InChI=1S/C11H13Cl2NO5S/c1-6-8(12)3-7(4-9(6)13)20(18,19)14-5-11(2,17)10(15)16/h3-4,14,17H,5H2,1-2H3,(H,15,16). The van der Waals surface area contributed by atoms with Crippen molar-refractivity contribution in [2.75, 3.05) is 6.54 Å². The Balaban J connectivity index is 3.04. The number of sulfonamides is 1. The van der Waals surface area contributed by atoms with E-state index in [1.165, 1.54) is 12.1 Å². The maximum absolute atomic E-state index is 12.0. The second-order valence-corrected chi connectivity index (χ2v) is 7.00. The molecule has 9 heteroatoms. The summed E-state index contributed by atoms with van der Waals surface area (Å²) in [6.07, 6.45) is 0. The van der Waals surface area contributed by atoms with Crippen LogP contribution in [0.4, 0.5) is 0 Å². The SMILES string of the molecule is Cc1c(Cl)cc(S(=O)(=O)NCC(C)(O)C(=O)O)cc1Cl. The fourth-order valence-electron chi connectivity index (χ4n) is 1.17. The van der Waals surface area contributed by atoms with Gasteiger partial charge in [-0.25, -0.2) is 17.9 Å². The number of rotatable bonds is 5. The molecule has 0 amide bonds. The van der Waals surface area contributed by atoms with Crippen LogP contribution in [0.3, 0.4) is 0 Å². The minimum Gasteiger partial charge on any atom is -0.479 e. The Hall–Kier alpha value is -0.860. The van der Waals surface area contributed by atoms with Crippen molar-refractivity contribution in [1.82, 2.24) is 4.72 Å². The van der Waals surface area contributed by atoms with Crippen LogP contribution in [0.1, 0.15) is 12.5 Å². The molecular weight excluding hydrogens is 329 g/mol. The number of benzene rings is 1. The van der Waals surface area contributed by atoms with E-state index in [1.54, 1.807) is 6.92 Å². The summed E-state index contributed by atoms with van der Waals surface area (Å²) < 4.78 is 26.0. The van der Waals surface area contributed by atoms with Crippen LogP contribution in [0.15, 0.2) is 17.0 Å². The predicted octanol–water partition coefficient (Wildman–Crippen LogP) is 1.42. The summed E-state index contributed by atoms with van der Waals surface area (Å²) in [6, 6.07) is 2.39. The van der Waals surface area contributed by atoms with E-state index in [-0.39, 0.29) is 14.9 Å². The summed E-state index contributed by atoms with van der Waals surface area (Å²) in [4.78, 5) is 10.5. The van der Waals surface area contributed by atoms with Crippen LogP contribution in [-0.2, 0) is 14.8 Å². The molecule has 1 atom stereocenters. The highest BCUT2D eigenvalue weighted by Gasteiger charge is 2.32. The molecule has 0 bridgehead atoms. The van der Waals surface area contributed by atoms with Gasteiger partial charge in [0.1, 0.15) is 0 Å². The lowest BCUT2D eigenvalue weighted by molar-refractivity contribution is -0.155. The van der Waals surface area contributed by atoms with Gasteiger partial charge in [0.05, 0.1) is 11.4 Å². The summed E-state index contributed by atoms with van der Waals surface area (Å²) in [6.45, 7) is 1.92. The Morgan fingerprint density at radius 2 is 1.80 bits per heavy atom. The fourth-order valence-corrected chi connectivity index (χ4v) is 2.97. The van der Waals surface area contributed by atoms with Gasteiger partial charge in [-0.15, -0.1) is 0 Å². The minimum atomic E-state index is -4.03. The van der Waals surface area contributed by atoms with Crippen molar-refractivity contribution in [3.8, 4) is 0 Å². The summed E-state index contributed by atoms with van der Waals surface area (Å²) >= 11 is 11.7. The lowest BCUT2D eigenvalue weighted by Gasteiger charge is -2.18. The monoisotopic (exact) mass is 341 g/mol. The van der Waals surface area contributed by atoms with Crippen molar-refractivity contribution in [2.45, 2.75) is 24.3 Å². The summed E-state index contributed by atoms with van der Waals surface area (Å²) in [5.74, 6) is -1.54. The number of halogens is 2. The van der Waals surface area contributed by atoms with Gasteiger partial charge >= 0.3 is 5.97 Å². The second kappa shape index (κ2) is 5.87. The highest BCUT2D eigenvalue weighted by molar-refractivity contribution is 7.89. The van der Waals surface area contributed by atoms with Crippen LogP contribution >= 0.6 is 23.2 Å². The third kappa shape index (κ3) is 3.83. The number of nitrogens with one attached hydrogen (secondary N) is 1. The molecule has 6 nitrogen and oxygen atoms in total. The molecule has 1 aromatic rings. The van der Waals surface area contributed by atoms with Crippen LogP contribution in [0.25, 0.3) is 0 Å². The third-order valence-corrected chi connectivity index (χ3v) is 4.80. The molecule has 0 fully saturated rings. The van der Waals surface area contributed by atoms with Crippen LogP contribution < -0.4 is 4.72 Å². The number of aliphatic hydroxyl groups is 1. The first kappa shape index (κ1) is 17.2. The van der Waals surface area contributed by atoms with E-state index in [0.717, 1.165) is 6.92 Å². The molecule has 0 spiro atoms. The molecule has 0 saturated carbocycles. The van der Waals surface area contributed by atoms with Crippen LogP contribution in [0.2, 0.25) is 10.0 Å². The zero-order chi connectivity index (χ0) is 15.7. The van der Waals surface area contributed by atoms with Crippen molar-refractivity contribution in [3.63, 3.8) is 0 Å². The average molecular weight is 342 g/mol. The molecule has 0 aliphatic rings. The number of hydrogen-bond donors (Lipinski definition) is 3. The van der Waals surface area contributed by atoms with Gasteiger partial charge in [-0.2, -0.15) is 0 Å². The van der Waals surface area contributed by atoms with Crippen molar-refractivity contribution in [1.29, 1.82) is 0 Å². The Morgan fingerprint density at radius 1 is 1.35 bits per heavy atom. The molecular formula is C11H13Cl2NO5S. The second-order valence-electron chi connectivity index (χ2n) is 4.42. The lowest BCUT2D eigenvalue weighted by Crippen LogP contribution is -2.46. The van der Waals surface area contributed by atoms with Crippen LogP contribution in [-0.4, -0.2) is 36.7 Å². The van der Waals surface area contributed by atoms with Gasteiger partial charge in [-0.1, -0.05) is 23.2 Å². The maximum Gasteiger partial charge on any atom is 0.336 e. The predicted molar refractivity (Wildman–Crippen MR) is 74.6 cm³/mol. The van der Waals surface area contributed by atoms with Gasteiger partial charge in [-0.3, -0.25) is 0 Å². The molecule has 20 heavy (non-hydrogen) atoms. The zero-order valence-electron chi connectivity index (χ0n) is 10.6. The highest BCUT2D eigenvalue weighted by Crippen LogP contribution is 2.27. The van der Waals surface area contributed by atoms with Crippen molar-refractivity contribution in [3.05, 3.63) is 27.7 Å². The first-order chi connectivity index (χ1) is 8.97. The van der Waals surface area contributed by atoms with Gasteiger partial charge in [0.25, 0.3) is 0 Å². The highest BCUT2D eigenvalue weighted by atomic mass is 35.5. The zero-order valence-corrected chi connectivity index (χ0v) is 13.0. The smallest absolute Gasteiger partial charge is 0.336 e. The van der Waals surface area contributed by atoms with Crippen molar-refractivity contribution >= 4 is 39.2 Å². The quantitative estimate of drug-likeness (QED) is 0.751. The topological polar surface area (TPSA) is 104 Å². The normalized spacial score (nSPS) is 14.8. The molecule has 0 radical (unpaired) electrons. The Labute approximate surface area is 126 Å². The fraction of sp³-hybridized carbons (Fsp3) is 0.364. The lowest BCUT2D eigenvalue weighted by atomic mass is 10.1. The molecule has 1 aromatic carbocycles. The van der Waals surface area contributed by atoms with E-state index in [4.69, 9.17) is 28.3 Å². The number of hydrogen-bond acceptors (Lipinski definition) is 4. The van der Waals surface area contributed by atoms with E-state index in [2.05, 4.69) is 0 Å². The molecule has 0 aromatic heterocycles. The van der Waals surface area contributed by atoms with Crippen LogP contribution in [0, 0.1) is 6.92 Å². The van der Waals surface area contributed by atoms with E-state index < -0.39 is 28.1 Å². The molecule has 1 rings (SSSR count). The number of carbonyl (C=O) groups is 1. The van der Waals surface area contributed by atoms with Gasteiger partial charge in [0.15, 0.2) is 5.60 Å². The number of carboxylic acid groups (broad SMARTS) is 1. The molecule has 3 N–H and O–H groups in total. The average Bonchev–Trinajstić information content (AvgIpc) is 2.33. The van der Waals surface area contributed by atoms with Gasteiger partial charge < -0.3 is 10.2 Å². The molecule has 0 aliphatic carbocycles. The molecule has 0 aliphatic heterocycles. The van der Waals surface area contributed by atoms with Gasteiger partial charge in [-0.05, 0) is 31.5 Å². The third-order valence-electron chi connectivity index (χ3n) is 2.63. The van der Waals surface area contributed by atoms with E-state index >= 15 is 0 Å². The molecule has 0 heterocycles. The number of aliphatic carboxylic acids is 1. The molecule has 1 unspecified atom stereocenters. The van der Waals surface area contributed by atoms with Gasteiger partial charge in [0.2, 0.25) is 10.0 Å². The van der Waals surface area contributed by atoms with E-state index in [1.807, 2.05) is 4.72 Å². The Kier molecular flexibility index (Phi) is 5.04. The van der Waals surface area contributed by atoms with Gasteiger partial charge in [0, 0.05) is 10.0 Å². The first-order valence-corrected chi connectivity index (χ1v) is 7.62. The first-order valence-electron chi connectivity index (χ1n) is 5.38. The minimum absolute atomic E-state index is 0.169. The molecule has 0 saturated heterocycles. The number of carboxylic acids is 1. The Morgan fingerprint density at radius 3 is 2.20 bits per heavy atom. The van der Waals surface area contributed by atoms with Crippen molar-refractivity contribution in [2.24, 2.45) is 0 Å². The van der Waals surface area contributed by atoms with Crippen molar-refractivity contribution < 1.29 is 23.4 Å². The summed E-state index contributed by atoms with van der Waals surface area (Å²) in [7, 11) is -4.03. The summed E-state index contributed by atoms with van der Waals surface area (Å²) in [5, 5.41) is 18.5. The van der Waals surface area contributed by atoms with Crippen LogP contribution in [0.5, 0.6) is 0 Å². The summed E-state index contributed by atoms with van der Waals surface area (Å²) in [5.41, 5.74) is -1.68. The Bertz CT molecular complexity index is 619. The molecule has 112 valence electrons. The largest absolute Gasteiger partial charge is 0.479 e.